The van der Waals surface area contributed by atoms with Gasteiger partial charge in [0.1, 0.15) is 11.5 Å². The van der Waals surface area contributed by atoms with E-state index in [2.05, 4.69) is 5.32 Å². The number of nitrogens with two attached hydrogens (primary N) is 1. The fourth-order valence-electron chi connectivity index (χ4n) is 1.95. The molecule has 0 aliphatic heterocycles. The number of hydrogen-bond acceptors (Lipinski definition) is 3. The predicted octanol–water partition coefficient (Wildman–Crippen LogP) is 3.22. The largest absolute Gasteiger partial charge is 0.457 e. The second-order valence-electron chi connectivity index (χ2n) is 5.35. The van der Waals surface area contributed by atoms with Crippen molar-refractivity contribution >= 4 is 5.91 Å². The normalized spacial score (nSPS) is 11.7. The minimum Gasteiger partial charge on any atom is -0.457 e. The molecule has 0 heterocycles. The molecule has 2 rings (SSSR count). The Morgan fingerprint density at radius 3 is 2.36 bits per heavy atom. The topological polar surface area (TPSA) is 64.4 Å². The fourth-order valence-corrected chi connectivity index (χ4v) is 1.95. The van der Waals surface area contributed by atoms with Crippen LogP contribution in [0.4, 0.5) is 0 Å². The van der Waals surface area contributed by atoms with Gasteiger partial charge in [-0.2, -0.15) is 0 Å². The Bertz CT molecular complexity index is 580. The number of rotatable bonds is 7. The molecular formula is C18H22N2O2. The highest BCUT2D eigenvalue weighted by Crippen LogP contribution is 2.21. The van der Waals surface area contributed by atoms with Gasteiger partial charge in [-0.25, -0.2) is 0 Å². The van der Waals surface area contributed by atoms with Gasteiger partial charge < -0.3 is 15.8 Å². The first kappa shape index (κ1) is 16.0. The summed E-state index contributed by atoms with van der Waals surface area (Å²) in [7, 11) is 0. The van der Waals surface area contributed by atoms with Gasteiger partial charge in [-0.15, -0.1) is 0 Å². The standard InChI is InChI=1S/C18H22N2O2/c1-14(19)7-12-18(21)20-13-15-8-10-17(11-9-15)22-16-5-3-2-4-6-16/h2-6,8-11,14H,7,12-13,19H2,1H3,(H,20,21). The third-order valence-electron chi connectivity index (χ3n) is 3.22. The van der Waals surface area contributed by atoms with E-state index in [9.17, 15) is 4.79 Å². The van der Waals surface area contributed by atoms with Gasteiger partial charge in [-0.1, -0.05) is 30.3 Å². The van der Waals surface area contributed by atoms with Gasteiger partial charge >= 0.3 is 0 Å². The quantitative estimate of drug-likeness (QED) is 0.825. The number of nitrogens with one attached hydrogen (secondary N) is 1. The Balaban J connectivity index is 1.80. The van der Waals surface area contributed by atoms with Crippen molar-refractivity contribution in [2.45, 2.75) is 32.4 Å². The van der Waals surface area contributed by atoms with Crippen LogP contribution in [0.5, 0.6) is 11.5 Å². The van der Waals surface area contributed by atoms with Crippen LogP contribution in [0.25, 0.3) is 0 Å². The van der Waals surface area contributed by atoms with Crippen molar-refractivity contribution in [3.8, 4) is 11.5 Å². The Morgan fingerprint density at radius 2 is 1.73 bits per heavy atom. The highest BCUT2D eigenvalue weighted by Gasteiger charge is 2.04. The number of amides is 1. The molecule has 116 valence electrons. The molecule has 4 nitrogen and oxygen atoms in total. The zero-order chi connectivity index (χ0) is 15.8. The first-order valence-electron chi connectivity index (χ1n) is 7.47. The summed E-state index contributed by atoms with van der Waals surface area (Å²) >= 11 is 0. The van der Waals surface area contributed by atoms with Crippen LogP contribution in [0, 0.1) is 0 Å². The van der Waals surface area contributed by atoms with E-state index in [-0.39, 0.29) is 11.9 Å². The molecular weight excluding hydrogens is 276 g/mol. The van der Waals surface area contributed by atoms with Crippen LogP contribution in [0.3, 0.4) is 0 Å². The minimum absolute atomic E-state index is 0.0295. The third-order valence-corrected chi connectivity index (χ3v) is 3.22. The molecule has 1 unspecified atom stereocenters. The molecule has 0 fully saturated rings. The molecule has 2 aromatic carbocycles. The van der Waals surface area contributed by atoms with Crippen LogP contribution in [0.15, 0.2) is 54.6 Å². The van der Waals surface area contributed by atoms with Crippen molar-refractivity contribution in [1.82, 2.24) is 5.32 Å². The summed E-state index contributed by atoms with van der Waals surface area (Å²) in [6.07, 6.45) is 1.17. The first-order chi connectivity index (χ1) is 10.6. The van der Waals surface area contributed by atoms with E-state index in [1.165, 1.54) is 0 Å². The van der Waals surface area contributed by atoms with Gasteiger partial charge in [0.2, 0.25) is 5.91 Å². The Hall–Kier alpha value is -2.33. The Kier molecular flexibility index (Phi) is 5.98. The number of carbonyl (C=O) groups is 1. The van der Waals surface area contributed by atoms with Crippen LogP contribution in [0.2, 0.25) is 0 Å². The van der Waals surface area contributed by atoms with Crippen molar-refractivity contribution in [3.63, 3.8) is 0 Å². The van der Waals surface area contributed by atoms with E-state index < -0.39 is 0 Å². The lowest BCUT2D eigenvalue weighted by Crippen LogP contribution is -2.25. The summed E-state index contributed by atoms with van der Waals surface area (Å²) in [4.78, 5) is 11.6. The molecule has 4 heteroatoms. The van der Waals surface area contributed by atoms with E-state index in [1.807, 2.05) is 61.5 Å². The molecule has 1 amide bonds. The van der Waals surface area contributed by atoms with Gasteiger partial charge in [0.05, 0.1) is 0 Å². The maximum Gasteiger partial charge on any atom is 0.220 e. The Morgan fingerprint density at radius 1 is 1.09 bits per heavy atom. The van der Waals surface area contributed by atoms with Crippen molar-refractivity contribution < 1.29 is 9.53 Å². The summed E-state index contributed by atoms with van der Waals surface area (Å²) in [6.45, 7) is 2.42. The number of benzene rings is 2. The third kappa shape index (κ3) is 5.58. The van der Waals surface area contributed by atoms with Gasteiger partial charge in [0.15, 0.2) is 0 Å². The van der Waals surface area contributed by atoms with E-state index >= 15 is 0 Å². The van der Waals surface area contributed by atoms with Crippen molar-refractivity contribution in [1.29, 1.82) is 0 Å². The summed E-state index contributed by atoms with van der Waals surface area (Å²) < 4.78 is 5.72. The van der Waals surface area contributed by atoms with Crippen molar-refractivity contribution in [3.05, 3.63) is 60.2 Å². The lowest BCUT2D eigenvalue weighted by atomic mass is 10.2. The zero-order valence-corrected chi connectivity index (χ0v) is 12.8. The molecule has 0 spiro atoms. The molecule has 0 aliphatic rings. The molecule has 0 bridgehead atoms. The minimum atomic E-state index is 0.0295. The van der Waals surface area contributed by atoms with E-state index in [1.54, 1.807) is 0 Å². The van der Waals surface area contributed by atoms with E-state index in [0.717, 1.165) is 17.1 Å². The van der Waals surface area contributed by atoms with Gasteiger partial charge in [-0.05, 0) is 43.2 Å². The maximum atomic E-state index is 11.6. The average Bonchev–Trinajstić information content (AvgIpc) is 2.53. The second kappa shape index (κ2) is 8.20. The van der Waals surface area contributed by atoms with E-state index in [4.69, 9.17) is 10.5 Å². The molecule has 22 heavy (non-hydrogen) atoms. The van der Waals surface area contributed by atoms with Gasteiger partial charge in [0, 0.05) is 19.0 Å². The average molecular weight is 298 g/mol. The summed E-state index contributed by atoms with van der Waals surface area (Å²) in [5, 5.41) is 2.89. The monoisotopic (exact) mass is 298 g/mol. The molecule has 0 aromatic heterocycles. The number of ether oxygens (including phenoxy) is 1. The zero-order valence-electron chi connectivity index (χ0n) is 12.8. The molecule has 0 radical (unpaired) electrons. The highest BCUT2D eigenvalue weighted by atomic mass is 16.5. The van der Waals surface area contributed by atoms with Crippen LogP contribution >= 0.6 is 0 Å². The van der Waals surface area contributed by atoms with Gasteiger partial charge in [0.25, 0.3) is 0 Å². The maximum absolute atomic E-state index is 11.6. The second-order valence-corrected chi connectivity index (χ2v) is 5.35. The smallest absolute Gasteiger partial charge is 0.220 e. The molecule has 1 atom stereocenters. The van der Waals surface area contributed by atoms with Crippen LogP contribution in [-0.4, -0.2) is 11.9 Å². The summed E-state index contributed by atoms with van der Waals surface area (Å²) in [6, 6.07) is 17.4. The Labute approximate surface area is 131 Å². The highest BCUT2D eigenvalue weighted by molar-refractivity contribution is 5.75. The SMILES string of the molecule is CC(N)CCC(=O)NCc1ccc(Oc2ccccc2)cc1. The fraction of sp³-hybridized carbons (Fsp3) is 0.278. The summed E-state index contributed by atoms with van der Waals surface area (Å²) in [5.74, 6) is 1.61. The van der Waals surface area contributed by atoms with Crippen LogP contribution in [0.1, 0.15) is 25.3 Å². The van der Waals surface area contributed by atoms with Crippen molar-refractivity contribution in [2.24, 2.45) is 5.73 Å². The summed E-state index contributed by atoms with van der Waals surface area (Å²) in [5.41, 5.74) is 6.67. The van der Waals surface area contributed by atoms with Crippen LogP contribution < -0.4 is 15.8 Å². The van der Waals surface area contributed by atoms with Crippen molar-refractivity contribution in [2.75, 3.05) is 0 Å². The lowest BCUT2D eigenvalue weighted by Gasteiger charge is -2.08. The van der Waals surface area contributed by atoms with E-state index in [0.29, 0.717) is 19.4 Å². The molecule has 0 saturated heterocycles. The van der Waals surface area contributed by atoms with Gasteiger partial charge in [-0.3, -0.25) is 4.79 Å². The molecule has 2 aromatic rings. The first-order valence-corrected chi connectivity index (χ1v) is 7.47. The van der Waals surface area contributed by atoms with Crippen LogP contribution in [-0.2, 0) is 11.3 Å². The molecule has 0 aliphatic carbocycles. The molecule has 0 saturated carbocycles. The number of hydrogen-bond donors (Lipinski definition) is 2. The predicted molar refractivity (Wildman–Crippen MR) is 87.7 cm³/mol. The number of carbonyl (C=O) groups excluding carboxylic acids is 1. The molecule has 3 N–H and O–H groups in total. The lowest BCUT2D eigenvalue weighted by molar-refractivity contribution is -0.121. The number of para-hydroxylation sites is 1.